The van der Waals surface area contributed by atoms with Gasteiger partial charge < -0.3 is 19.9 Å². The molecule has 1 aromatic carbocycles. The molecular weight excluding hydrogens is 222 g/mol. The van der Waals surface area contributed by atoms with E-state index in [1.165, 1.54) is 21.3 Å². The van der Waals surface area contributed by atoms with E-state index in [1.54, 1.807) is 18.2 Å². The lowest BCUT2D eigenvalue weighted by Gasteiger charge is -2.11. The van der Waals surface area contributed by atoms with Gasteiger partial charge in [-0.2, -0.15) is 0 Å². The number of ketones is 1. The second-order valence-corrected chi connectivity index (χ2v) is 3.53. The molecule has 0 spiro atoms. The highest BCUT2D eigenvalue weighted by atomic mass is 16.5. The fourth-order valence-corrected chi connectivity index (χ4v) is 1.42. The van der Waals surface area contributed by atoms with E-state index in [0.717, 1.165) is 0 Å². The lowest BCUT2D eigenvalue weighted by Crippen LogP contribution is -2.34. The average Bonchev–Trinajstić information content (AvgIpc) is 2.37. The summed E-state index contributed by atoms with van der Waals surface area (Å²) in [4.78, 5) is 12.0. The molecule has 0 bridgehead atoms. The van der Waals surface area contributed by atoms with E-state index in [1.807, 2.05) is 0 Å². The summed E-state index contributed by atoms with van der Waals surface area (Å²) in [6, 6.07) is 4.26. The van der Waals surface area contributed by atoms with Crippen LogP contribution in [-0.2, 0) is 4.74 Å². The molecule has 0 amide bonds. The maximum atomic E-state index is 12.0. The van der Waals surface area contributed by atoms with E-state index >= 15 is 0 Å². The number of benzene rings is 1. The van der Waals surface area contributed by atoms with E-state index in [2.05, 4.69) is 0 Å². The van der Waals surface area contributed by atoms with Crippen molar-refractivity contribution in [1.82, 2.24) is 0 Å². The zero-order valence-electron chi connectivity index (χ0n) is 10.2. The van der Waals surface area contributed by atoms with E-state index in [-0.39, 0.29) is 12.4 Å². The number of nitrogens with two attached hydrogens (primary N) is 1. The van der Waals surface area contributed by atoms with Crippen LogP contribution in [0.2, 0.25) is 0 Å². The van der Waals surface area contributed by atoms with Crippen molar-refractivity contribution in [1.29, 1.82) is 0 Å². The predicted octanol–water partition coefficient (Wildman–Crippen LogP) is 0.860. The van der Waals surface area contributed by atoms with Crippen LogP contribution in [0.4, 0.5) is 0 Å². The number of hydrogen-bond acceptors (Lipinski definition) is 5. The van der Waals surface area contributed by atoms with Crippen molar-refractivity contribution < 1.29 is 19.0 Å². The monoisotopic (exact) mass is 239 g/mol. The second kappa shape index (κ2) is 6.22. The Hall–Kier alpha value is -1.59. The highest BCUT2D eigenvalue weighted by Gasteiger charge is 2.17. The minimum atomic E-state index is -0.684. The third-order valence-electron chi connectivity index (χ3n) is 2.32. The first-order valence-corrected chi connectivity index (χ1v) is 5.14. The first kappa shape index (κ1) is 13.5. The van der Waals surface area contributed by atoms with Crippen molar-refractivity contribution in [3.05, 3.63) is 23.8 Å². The number of Topliss-reactive ketones (excluding diaryl/α,β-unsaturated/α-hetero) is 1. The lowest BCUT2D eigenvalue weighted by molar-refractivity contribution is 0.0891. The summed E-state index contributed by atoms with van der Waals surface area (Å²) in [5.41, 5.74) is 6.14. The molecule has 1 unspecified atom stereocenters. The number of rotatable bonds is 6. The van der Waals surface area contributed by atoms with Gasteiger partial charge in [-0.15, -0.1) is 0 Å². The Bertz CT molecular complexity index is 370. The smallest absolute Gasteiger partial charge is 0.182 e. The van der Waals surface area contributed by atoms with Crippen LogP contribution in [0.5, 0.6) is 11.5 Å². The van der Waals surface area contributed by atoms with Crippen LogP contribution in [0, 0.1) is 0 Å². The lowest BCUT2D eigenvalue weighted by atomic mass is 10.0. The molecule has 0 aliphatic heterocycles. The van der Waals surface area contributed by atoms with Crippen LogP contribution in [0.1, 0.15) is 10.4 Å². The standard InChI is InChI=1S/C12H17NO4/c1-15-7-11(13)12(14)8-4-9(16-2)6-10(5-8)17-3/h4-6,11H,7,13H2,1-3H3. The molecule has 0 aliphatic carbocycles. The Balaban J connectivity index is 2.99. The Labute approximate surface area is 100 Å². The topological polar surface area (TPSA) is 70.8 Å². The molecule has 0 aliphatic rings. The summed E-state index contributed by atoms with van der Waals surface area (Å²) in [6.07, 6.45) is 0. The summed E-state index contributed by atoms with van der Waals surface area (Å²) in [7, 11) is 4.55. The number of carbonyl (C=O) groups is 1. The van der Waals surface area contributed by atoms with Crippen LogP contribution in [0.25, 0.3) is 0 Å². The van der Waals surface area contributed by atoms with Crippen LogP contribution in [-0.4, -0.2) is 39.8 Å². The van der Waals surface area contributed by atoms with Crippen LogP contribution < -0.4 is 15.2 Å². The molecule has 0 saturated heterocycles. The minimum Gasteiger partial charge on any atom is -0.497 e. The van der Waals surface area contributed by atoms with E-state index in [4.69, 9.17) is 19.9 Å². The highest BCUT2D eigenvalue weighted by Crippen LogP contribution is 2.23. The molecule has 1 aromatic rings. The van der Waals surface area contributed by atoms with Crippen molar-refractivity contribution in [2.45, 2.75) is 6.04 Å². The number of hydrogen-bond donors (Lipinski definition) is 1. The van der Waals surface area contributed by atoms with Crippen LogP contribution in [0.3, 0.4) is 0 Å². The maximum Gasteiger partial charge on any atom is 0.182 e. The van der Waals surface area contributed by atoms with Crippen molar-refractivity contribution in [2.24, 2.45) is 5.73 Å². The first-order valence-electron chi connectivity index (χ1n) is 5.14. The van der Waals surface area contributed by atoms with Crippen LogP contribution >= 0.6 is 0 Å². The summed E-state index contributed by atoms with van der Waals surface area (Å²) in [5.74, 6) is 0.902. The quantitative estimate of drug-likeness (QED) is 0.745. The van der Waals surface area contributed by atoms with Crippen molar-refractivity contribution in [3.8, 4) is 11.5 Å². The molecule has 0 aromatic heterocycles. The summed E-state index contributed by atoms with van der Waals surface area (Å²) < 4.78 is 15.0. The summed E-state index contributed by atoms with van der Waals surface area (Å²) in [5, 5.41) is 0. The predicted molar refractivity (Wildman–Crippen MR) is 63.7 cm³/mol. The van der Waals surface area contributed by atoms with Gasteiger partial charge in [-0.3, -0.25) is 4.79 Å². The molecular formula is C12H17NO4. The minimum absolute atomic E-state index is 0.179. The molecule has 0 fully saturated rings. The number of methoxy groups -OCH3 is 3. The molecule has 0 radical (unpaired) electrons. The van der Waals surface area contributed by atoms with Gasteiger partial charge in [0.05, 0.1) is 26.9 Å². The zero-order valence-corrected chi connectivity index (χ0v) is 10.2. The molecule has 2 N–H and O–H groups in total. The molecule has 5 nitrogen and oxygen atoms in total. The molecule has 17 heavy (non-hydrogen) atoms. The highest BCUT2D eigenvalue weighted by molar-refractivity contribution is 6.00. The third kappa shape index (κ3) is 3.44. The van der Waals surface area contributed by atoms with E-state index < -0.39 is 6.04 Å². The van der Waals surface area contributed by atoms with Gasteiger partial charge in [0.25, 0.3) is 0 Å². The van der Waals surface area contributed by atoms with Gasteiger partial charge >= 0.3 is 0 Å². The van der Waals surface area contributed by atoms with Gasteiger partial charge in [0.15, 0.2) is 5.78 Å². The SMILES string of the molecule is COCC(N)C(=O)c1cc(OC)cc(OC)c1. The molecule has 5 heteroatoms. The number of ether oxygens (including phenoxy) is 3. The molecule has 94 valence electrons. The Morgan fingerprint density at radius 1 is 1.18 bits per heavy atom. The fraction of sp³-hybridized carbons (Fsp3) is 0.417. The molecule has 0 saturated carbocycles. The molecule has 1 rings (SSSR count). The Kier molecular flexibility index (Phi) is 4.93. The van der Waals surface area contributed by atoms with Gasteiger partial charge in [-0.25, -0.2) is 0 Å². The van der Waals surface area contributed by atoms with Crippen molar-refractivity contribution in [2.75, 3.05) is 27.9 Å². The Morgan fingerprint density at radius 3 is 2.12 bits per heavy atom. The molecule has 1 atom stereocenters. The Morgan fingerprint density at radius 2 is 1.71 bits per heavy atom. The van der Waals surface area contributed by atoms with Gasteiger partial charge in [0.2, 0.25) is 0 Å². The number of carbonyl (C=O) groups excluding carboxylic acids is 1. The van der Waals surface area contributed by atoms with Crippen molar-refractivity contribution >= 4 is 5.78 Å². The van der Waals surface area contributed by atoms with Crippen LogP contribution in [0.15, 0.2) is 18.2 Å². The zero-order chi connectivity index (χ0) is 12.8. The van der Waals surface area contributed by atoms with E-state index in [0.29, 0.717) is 17.1 Å². The van der Waals surface area contributed by atoms with E-state index in [9.17, 15) is 4.79 Å². The average molecular weight is 239 g/mol. The molecule has 0 heterocycles. The largest absolute Gasteiger partial charge is 0.497 e. The maximum absolute atomic E-state index is 12.0. The van der Waals surface area contributed by atoms with Crippen molar-refractivity contribution in [3.63, 3.8) is 0 Å². The van der Waals surface area contributed by atoms with Gasteiger partial charge in [0.1, 0.15) is 11.5 Å². The van der Waals surface area contributed by atoms with Gasteiger partial charge in [-0.1, -0.05) is 0 Å². The normalized spacial score (nSPS) is 12.0. The van der Waals surface area contributed by atoms with Gasteiger partial charge in [0, 0.05) is 18.7 Å². The summed E-state index contributed by atoms with van der Waals surface area (Å²) >= 11 is 0. The third-order valence-corrected chi connectivity index (χ3v) is 2.32. The fourth-order valence-electron chi connectivity index (χ4n) is 1.42. The summed E-state index contributed by atoms with van der Waals surface area (Å²) in [6.45, 7) is 0.179. The van der Waals surface area contributed by atoms with Gasteiger partial charge in [-0.05, 0) is 12.1 Å². The second-order valence-electron chi connectivity index (χ2n) is 3.53. The first-order chi connectivity index (χ1) is 8.12.